The fourth-order valence-electron chi connectivity index (χ4n) is 3.01. The van der Waals surface area contributed by atoms with E-state index in [0.29, 0.717) is 18.1 Å². The maximum atomic E-state index is 11.5. The summed E-state index contributed by atoms with van der Waals surface area (Å²) in [7, 11) is 0. The molecule has 0 aliphatic heterocycles. The van der Waals surface area contributed by atoms with Gasteiger partial charge in [0, 0.05) is 29.2 Å². The van der Waals surface area contributed by atoms with Crippen LogP contribution in [-0.4, -0.2) is 32.1 Å². The average molecular weight is 326 g/mol. The minimum absolute atomic E-state index is 0.590. The van der Waals surface area contributed by atoms with Crippen molar-refractivity contribution in [2.45, 2.75) is 51.5 Å². The van der Waals surface area contributed by atoms with E-state index in [1.165, 1.54) is 0 Å². The fourth-order valence-corrected chi connectivity index (χ4v) is 3.01. The summed E-state index contributed by atoms with van der Waals surface area (Å²) in [5.74, 6) is 0.433. The van der Waals surface area contributed by atoms with E-state index >= 15 is 0 Å². The predicted molar refractivity (Wildman–Crippen MR) is 91.9 cm³/mol. The molecule has 1 atom stereocenters. The molecule has 2 aromatic heterocycles. The molecule has 6 nitrogen and oxygen atoms in total. The first kappa shape index (κ1) is 16.4. The van der Waals surface area contributed by atoms with Crippen molar-refractivity contribution >= 4 is 11.8 Å². The topological polar surface area (TPSA) is 88.0 Å². The monoisotopic (exact) mass is 326 g/mol. The molecule has 1 aliphatic rings. The maximum Gasteiger partial charge on any atom is 0.326 e. The molecule has 2 aromatic rings. The number of fused-ring (bicyclic) bond motifs is 1. The number of aliphatic carboxylic acids is 1. The number of rotatable bonds is 7. The van der Waals surface area contributed by atoms with Crippen LogP contribution in [0.5, 0.6) is 0 Å². The van der Waals surface area contributed by atoms with Crippen LogP contribution in [0.3, 0.4) is 0 Å². The molecule has 0 radical (unpaired) electrons. The predicted octanol–water partition coefficient (Wildman–Crippen LogP) is 3.08. The zero-order valence-electron chi connectivity index (χ0n) is 13.8. The van der Waals surface area contributed by atoms with Gasteiger partial charge in [-0.05, 0) is 37.8 Å². The highest BCUT2D eigenvalue weighted by molar-refractivity contribution is 5.77. The van der Waals surface area contributed by atoms with Crippen LogP contribution < -0.4 is 5.32 Å². The molecular weight excluding hydrogens is 304 g/mol. The number of anilines is 1. The Kier molecular flexibility index (Phi) is 5.03. The number of unbranched alkanes of at least 4 members (excludes halogenated alkanes) is 1. The largest absolute Gasteiger partial charge is 0.480 e. The Bertz CT molecular complexity index is 718. The molecule has 3 rings (SSSR count). The highest BCUT2D eigenvalue weighted by atomic mass is 16.4. The van der Waals surface area contributed by atoms with Crippen LogP contribution in [-0.2, 0) is 17.6 Å². The lowest BCUT2D eigenvalue weighted by molar-refractivity contribution is -0.138. The molecule has 2 heterocycles. The van der Waals surface area contributed by atoms with Crippen LogP contribution >= 0.6 is 0 Å². The van der Waals surface area contributed by atoms with E-state index in [2.05, 4.69) is 27.2 Å². The minimum atomic E-state index is -0.836. The second-order valence-electron chi connectivity index (χ2n) is 6.09. The molecular formula is C18H22N4O2. The molecule has 0 aromatic carbocycles. The highest BCUT2D eigenvalue weighted by Gasteiger charge is 2.24. The Balaban J connectivity index is 1.94. The lowest BCUT2D eigenvalue weighted by Crippen LogP contribution is -2.30. The average Bonchev–Trinajstić information content (AvgIpc) is 3.07. The number of hydrogen-bond donors (Lipinski definition) is 2. The van der Waals surface area contributed by atoms with E-state index in [1.807, 2.05) is 12.1 Å². The van der Waals surface area contributed by atoms with Gasteiger partial charge < -0.3 is 10.4 Å². The van der Waals surface area contributed by atoms with Crippen molar-refractivity contribution in [2.75, 3.05) is 5.32 Å². The molecule has 1 aliphatic carbocycles. The first-order valence-corrected chi connectivity index (χ1v) is 8.48. The van der Waals surface area contributed by atoms with Gasteiger partial charge in [-0.15, -0.1) is 0 Å². The number of carboxylic acid groups (broad SMARTS) is 1. The number of hydrogen-bond acceptors (Lipinski definition) is 5. The molecule has 0 fully saturated rings. The van der Waals surface area contributed by atoms with Crippen molar-refractivity contribution in [3.8, 4) is 11.4 Å². The van der Waals surface area contributed by atoms with Gasteiger partial charge in [0.15, 0.2) is 5.82 Å². The van der Waals surface area contributed by atoms with Gasteiger partial charge in [-0.1, -0.05) is 19.8 Å². The van der Waals surface area contributed by atoms with E-state index in [4.69, 9.17) is 0 Å². The molecule has 2 N–H and O–H groups in total. The lowest BCUT2D eigenvalue weighted by Gasteiger charge is -2.18. The summed E-state index contributed by atoms with van der Waals surface area (Å²) < 4.78 is 0. The first-order chi connectivity index (χ1) is 11.7. The summed E-state index contributed by atoms with van der Waals surface area (Å²) in [6.07, 6.45) is 8.70. The van der Waals surface area contributed by atoms with Crippen LogP contribution in [0.15, 0.2) is 24.5 Å². The van der Waals surface area contributed by atoms with E-state index in [9.17, 15) is 9.90 Å². The molecule has 24 heavy (non-hydrogen) atoms. The number of aromatic nitrogens is 3. The van der Waals surface area contributed by atoms with Crippen LogP contribution in [0.1, 0.15) is 43.9 Å². The molecule has 6 heteroatoms. The minimum Gasteiger partial charge on any atom is -0.480 e. The zero-order valence-corrected chi connectivity index (χ0v) is 13.8. The Morgan fingerprint density at radius 3 is 2.96 bits per heavy atom. The van der Waals surface area contributed by atoms with Gasteiger partial charge in [-0.25, -0.2) is 14.8 Å². The maximum absolute atomic E-state index is 11.5. The smallest absolute Gasteiger partial charge is 0.326 e. The van der Waals surface area contributed by atoms with E-state index in [-0.39, 0.29) is 0 Å². The number of aryl methyl sites for hydroxylation is 1. The quantitative estimate of drug-likeness (QED) is 0.813. The third-order valence-corrected chi connectivity index (χ3v) is 4.31. The van der Waals surface area contributed by atoms with Gasteiger partial charge >= 0.3 is 5.97 Å². The van der Waals surface area contributed by atoms with Gasteiger partial charge in [0.1, 0.15) is 11.9 Å². The van der Waals surface area contributed by atoms with Crippen molar-refractivity contribution in [1.29, 1.82) is 0 Å². The fraction of sp³-hybridized carbons (Fsp3) is 0.444. The number of carboxylic acids is 1. The summed E-state index contributed by atoms with van der Waals surface area (Å²) in [6.45, 7) is 2.06. The molecule has 0 bridgehead atoms. The number of nitrogens with zero attached hydrogens (tertiary/aromatic N) is 3. The van der Waals surface area contributed by atoms with E-state index < -0.39 is 12.0 Å². The highest BCUT2D eigenvalue weighted by Crippen LogP contribution is 2.29. The Labute approximate surface area is 141 Å². The third kappa shape index (κ3) is 3.53. The summed E-state index contributed by atoms with van der Waals surface area (Å²) in [5, 5.41) is 12.6. The molecule has 0 amide bonds. The first-order valence-electron chi connectivity index (χ1n) is 8.48. The van der Waals surface area contributed by atoms with E-state index in [0.717, 1.165) is 48.9 Å². The molecule has 0 saturated carbocycles. The van der Waals surface area contributed by atoms with Crippen LogP contribution in [0.4, 0.5) is 5.82 Å². The third-order valence-electron chi connectivity index (χ3n) is 4.31. The number of nitrogens with one attached hydrogen (secondary N) is 1. The normalized spacial score (nSPS) is 14.2. The Morgan fingerprint density at radius 2 is 2.25 bits per heavy atom. The van der Waals surface area contributed by atoms with Crippen molar-refractivity contribution in [1.82, 2.24) is 15.0 Å². The van der Waals surface area contributed by atoms with Crippen molar-refractivity contribution < 1.29 is 9.90 Å². The van der Waals surface area contributed by atoms with Crippen molar-refractivity contribution in [2.24, 2.45) is 0 Å². The van der Waals surface area contributed by atoms with Gasteiger partial charge in [0.25, 0.3) is 0 Å². The molecule has 126 valence electrons. The molecule has 1 unspecified atom stereocenters. The number of pyridine rings is 1. The second kappa shape index (κ2) is 7.38. The van der Waals surface area contributed by atoms with E-state index in [1.54, 1.807) is 12.4 Å². The van der Waals surface area contributed by atoms with Crippen molar-refractivity contribution in [3.63, 3.8) is 0 Å². The van der Waals surface area contributed by atoms with Crippen LogP contribution in [0.2, 0.25) is 0 Å². The molecule has 0 spiro atoms. The zero-order chi connectivity index (χ0) is 16.9. The van der Waals surface area contributed by atoms with Gasteiger partial charge in [-0.2, -0.15) is 0 Å². The summed E-state index contributed by atoms with van der Waals surface area (Å²) in [4.78, 5) is 24.9. The van der Waals surface area contributed by atoms with Crippen LogP contribution in [0, 0.1) is 0 Å². The standard InChI is InChI=1S/C18H22N4O2/c1-2-3-8-15(18(23)24)21-17-13-7-4-9-14(13)20-16(22-17)12-6-5-10-19-11-12/h5-6,10-11,15H,2-4,7-9H2,1H3,(H,23,24)(H,20,21,22). The van der Waals surface area contributed by atoms with Gasteiger partial charge in [-0.3, -0.25) is 4.98 Å². The van der Waals surface area contributed by atoms with Gasteiger partial charge in [0.05, 0.1) is 0 Å². The SMILES string of the molecule is CCCCC(Nc1nc(-c2cccnc2)nc2c1CCC2)C(=O)O. The molecule has 0 saturated heterocycles. The Hall–Kier alpha value is -2.50. The summed E-state index contributed by atoms with van der Waals surface area (Å²) >= 11 is 0. The van der Waals surface area contributed by atoms with Crippen molar-refractivity contribution in [3.05, 3.63) is 35.8 Å². The lowest BCUT2D eigenvalue weighted by atomic mass is 10.1. The van der Waals surface area contributed by atoms with Crippen LogP contribution in [0.25, 0.3) is 11.4 Å². The summed E-state index contributed by atoms with van der Waals surface area (Å²) in [5.41, 5.74) is 2.92. The van der Waals surface area contributed by atoms with Gasteiger partial charge in [0.2, 0.25) is 0 Å². The summed E-state index contributed by atoms with van der Waals surface area (Å²) in [6, 6.07) is 3.14. The Morgan fingerprint density at radius 1 is 1.38 bits per heavy atom. The second-order valence-corrected chi connectivity index (χ2v) is 6.09. The number of carbonyl (C=O) groups is 1.